The Labute approximate surface area is 139 Å². The smallest absolute Gasteiger partial charge is 0.263 e. The highest BCUT2D eigenvalue weighted by Crippen LogP contribution is 2.35. The van der Waals surface area contributed by atoms with Crippen molar-refractivity contribution in [2.75, 3.05) is 6.54 Å². The molecule has 0 unspecified atom stereocenters. The number of carbonyl (C=O) groups excluding carboxylic acids is 1. The molecule has 1 amide bonds. The fourth-order valence-electron chi connectivity index (χ4n) is 2.85. The van der Waals surface area contributed by atoms with E-state index in [-0.39, 0.29) is 17.4 Å². The predicted octanol–water partition coefficient (Wildman–Crippen LogP) is 2.27. The van der Waals surface area contributed by atoms with Gasteiger partial charge in [0.2, 0.25) is 0 Å². The van der Waals surface area contributed by atoms with Crippen LogP contribution in [0.25, 0.3) is 10.8 Å². The van der Waals surface area contributed by atoms with Crippen molar-refractivity contribution in [1.29, 1.82) is 0 Å². The summed E-state index contributed by atoms with van der Waals surface area (Å²) in [6, 6.07) is 1.74. The molecule has 3 rings (SSSR count). The van der Waals surface area contributed by atoms with E-state index in [1.807, 2.05) is 6.92 Å². The van der Waals surface area contributed by atoms with Crippen LogP contribution < -0.4 is 5.32 Å². The van der Waals surface area contributed by atoms with E-state index in [1.165, 1.54) is 11.3 Å². The lowest BCUT2D eigenvalue weighted by Crippen LogP contribution is -2.45. The number of aliphatic hydroxyl groups is 1. The highest BCUT2D eigenvalue weighted by atomic mass is 32.1. The summed E-state index contributed by atoms with van der Waals surface area (Å²) in [6.45, 7) is 2.51. The zero-order chi connectivity index (χ0) is 16.3. The lowest BCUT2D eigenvalue weighted by Gasteiger charge is -2.38. The molecule has 0 aromatic carbocycles. The summed E-state index contributed by atoms with van der Waals surface area (Å²) >= 11 is 1.27. The minimum absolute atomic E-state index is 0.163. The third-order valence-corrected chi connectivity index (χ3v) is 5.41. The molecule has 122 valence electrons. The second-order valence-corrected chi connectivity index (χ2v) is 7.23. The van der Waals surface area contributed by atoms with Crippen molar-refractivity contribution in [3.63, 3.8) is 0 Å². The van der Waals surface area contributed by atoms with Crippen LogP contribution in [0.1, 0.15) is 42.3 Å². The van der Waals surface area contributed by atoms with Gasteiger partial charge in [-0.25, -0.2) is 15.0 Å². The molecule has 2 aromatic heterocycles. The van der Waals surface area contributed by atoms with Gasteiger partial charge in [0, 0.05) is 24.4 Å². The lowest BCUT2D eigenvalue weighted by atomic mass is 9.73. The summed E-state index contributed by atoms with van der Waals surface area (Å²) in [5.41, 5.74) is -0.246. The Morgan fingerprint density at radius 3 is 2.91 bits per heavy atom. The molecule has 7 heteroatoms. The van der Waals surface area contributed by atoms with Gasteiger partial charge in [-0.15, -0.1) is 11.3 Å². The van der Waals surface area contributed by atoms with Gasteiger partial charge in [0.05, 0.1) is 12.3 Å². The third-order valence-electron chi connectivity index (χ3n) is 4.42. The van der Waals surface area contributed by atoms with Crippen molar-refractivity contribution in [1.82, 2.24) is 20.3 Å². The van der Waals surface area contributed by atoms with E-state index in [0.29, 0.717) is 22.3 Å². The molecular formula is C16H20N4O2S. The van der Waals surface area contributed by atoms with Crippen molar-refractivity contribution in [3.05, 3.63) is 29.5 Å². The Morgan fingerprint density at radius 1 is 1.39 bits per heavy atom. The van der Waals surface area contributed by atoms with Crippen LogP contribution in [0.4, 0.5) is 0 Å². The Bertz CT molecular complexity index is 676. The van der Waals surface area contributed by atoms with Crippen LogP contribution in [0.2, 0.25) is 0 Å². The minimum Gasteiger partial charge on any atom is -0.392 e. The molecular weight excluding hydrogens is 312 g/mol. The minimum atomic E-state index is -0.355. The molecule has 0 radical (unpaired) electrons. The average Bonchev–Trinajstić information content (AvgIpc) is 3.07. The monoisotopic (exact) mass is 332 g/mol. The lowest BCUT2D eigenvalue weighted by molar-refractivity contribution is 0.00193. The highest BCUT2D eigenvalue weighted by molar-refractivity contribution is 7.16. The average molecular weight is 332 g/mol. The first kappa shape index (κ1) is 16.0. The maximum atomic E-state index is 12.3. The largest absolute Gasteiger partial charge is 0.392 e. The second-order valence-electron chi connectivity index (χ2n) is 6.20. The summed E-state index contributed by atoms with van der Waals surface area (Å²) < 4.78 is 0. The van der Waals surface area contributed by atoms with Crippen molar-refractivity contribution in [2.45, 2.75) is 38.7 Å². The molecule has 0 aliphatic heterocycles. The molecule has 1 aliphatic carbocycles. The van der Waals surface area contributed by atoms with E-state index in [9.17, 15) is 9.90 Å². The van der Waals surface area contributed by atoms with E-state index < -0.39 is 0 Å². The molecule has 6 nitrogen and oxygen atoms in total. The van der Waals surface area contributed by atoms with E-state index in [0.717, 1.165) is 25.7 Å². The Balaban J connectivity index is 1.64. The number of hydrogen-bond donors (Lipinski definition) is 2. The molecule has 2 heterocycles. The summed E-state index contributed by atoms with van der Waals surface area (Å²) in [6.07, 6.45) is 8.38. The van der Waals surface area contributed by atoms with Gasteiger partial charge in [-0.1, -0.05) is 19.8 Å². The molecule has 23 heavy (non-hydrogen) atoms. The number of aliphatic hydroxyl groups excluding tert-OH is 1. The number of carbonyl (C=O) groups is 1. The fourth-order valence-corrected chi connectivity index (χ4v) is 3.63. The molecule has 0 spiro atoms. The Kier molecular flexibility index (Phi) is 4.68. The first-order chi connectivity index (χ1) is 11.1. The van der Waals surface area contributed by atoms with E-state index >= 15 is 0 Å². The highest BCUT2D eigenvalue weighted by Gasteiger charge is 2.35. The zero-order valence-electron chi connectivity index (χ0n) is 13.0. The van der Waals surface area contributed by atoms with Gasteiger partial charge in [-0.05, 0) is 18.9 Å². The van der Waals surface area contributed by atoms with Crippen LogP contribution >= 0.6 is 11.3 Å². The normalized spacial score (nSPS) is 24.3. The summed E-state index contributed by atoms with van der Waals surface area (Å²) in [5.74, 6) is 0.356. The molecule has 0 bridgehead atoms. The third kappa shape index (κ3) is 3.56. The van der Waals surface area contributed by atoms with Gasteiger partial charge in [0.15, 0.2) is 10.8 Å². The fraction of sp³-hybridized carbons (Fsp3) is 0.500. The van der Waals surface area contributed by atoms with Gasteiger partial charge in [0.25, 0.3) is 5.91 Å². The van der Waals surface area contributed by atoms with E-state index in [4.69, 9.17) is 0 Å². The van der Waals surface area contributed by atoms with Gasteiger partial charge >= 0.3 is 0 Å². The number of rotatable bonds is 4. The maximum absolute atomic E-state index is 12.3. The summed E-state index contributed by atoms with van der Waals surface area (Å²) in [5, 5.41) is 13.7. The van der Waals surface area contributed by atoms with Gasteiger partial charge < -0.3 is 10.4 Å². The molecule has 2 N–H and O–H groups in total. The van der Waals surface area contributed by atoms with Crippen LogP contribution in [0.3, 0.4) is 0 Å². The molecule has 1 aliphatic rings. The number of amides is 1. The Hall–Kier alpha value is -1.86. The SMILES string of the molecule is C[C@]1(CNC(=O)c2cnc(-c3ncccn3)s2)CCCC[C@H]1O. The quantitative estimate of drug-likeness (QED) is 0.897. The number of hydrogen-bond acceptors (Lipinski definition) is 6. The molecule has 1 fully saturated rings. The molecule has 2 aromatic rings. The standard InChI is InChI=1S/C16H20N4O2S/c1-16(6-3-2-5-12(16)21)10-20-14(22)11-9-19-15(23-11)13-17-7-4-8-18-13/h4,7-9,12,21H,2-3,5-6,10H2,1H3,(H,20,22)/t12-,16-/m1/s1. The molecule has 2 atom stereocenters. The van der Waals surface area contributed by atoms with Crippen LogP contribution in [-0.2, 0) is 0 Å². The summed E-state index contributed by atoms with van der Waals surface area (Å²) in [7, 11) is 0. The first-order valence-corrected chi connectivity index (χ1v) is 8.60. The van der Waals surface area contributed by atoms with E-state index in [2.05, 4.69) is 20.3 Å². The number of aromatic nitrogens is 3. The second kappa shape index (κ2) is 6.72. The van der Waals surface area contributed by atoms with Crippen LogP contribution in [0, 0.1) is 5.41 Å². The van der Waals surface area contributed by atoms with Crippen LogP contribution in [0.15, 0.2) is 24.7 Å². The molecule has 1 saturated carbocycles. The first-order valence-electron chi connectivity index (χ1n) is 7.78. The number of nitrogens with one attached hydrogen (secondary N) is 1. The van der Waals surface area contributed by atoms with Crippen molar-refractivity contribution < 1.29 is 9.90 Å². The van der Waals surface area contributed by atoms with E-state index in [1.54, 1.807) is 24.7 Å². The van der Waals surface area contributed by atoms with Crippen LogP contribution in [0.5, 0.6) is 0 Å². The maximum Gasteiger partial charge on any atom is 0.263 e. The molecule has 0 saturated heterocycles. The van der Waals surface area contributed by atoms with Gasteiger partial charge in [-0.3, -0.25) is 4.79 Å². The number of thiazole rings is 1. The van der Waals surface area contributed by atoms with Crippen molar-refractivity contribution in [2.24, 2.45) is 5.41 Å². The summed E-state index contributed by atoms with van der Waals surface area (Å²) in [4.78, 5) is 25.3. The van der Waals surface area contributed by atoms with Crippen molar-refractivity contribution >= 4 is 17.2 Å². The topological polar surface area (TPSA) is 88.0 Å². The Morgan fingerprint density at radius 2 is 2.17 bits per heavy atom. The van der Waals surface area contributed by atoms with Gasteiger partial charge in [0.1, 0.15) is 4.88 Å². The van der Waals surface area contributed by atoms with Crippen molar-refractivity contribution in [3.8, 4) is 10.8 Å². The predicted molar refractivity (Wildman–Crippen MR) is 88.1 cm³/mol. The van der Waals surface area contributed by atoms with Gasteiger partial charge in [-0.2, -0.15) is 0 Å². The van der Waals surface area contributed by atoms with Crippen LogP contribution in [-0.4, -0.2) is 38.6 Å². The number of nitrogens with zero attached hydrogens (tertiary/aromatic N) is 3. The zero-order valence-corrected chi connectivity index (χ0v) is 13.8.